The summed E-state index contributed by atoms with van der Waals surface area (Å²) in [5.41, 5.74) is 0.946. The zero-order valence-corrected chi connectivity index (χ0v) is 12.4. The quantitative estimate of drug-likeness (QED) is 0.827. The molecule has 21 heavy (non-hydrogen) atoms. The Morgan fingerprint density at radius 2 is 1.95 bits per heavy atom. The lowest BCUT2D eigenvalue weighted by Gasteiger charge is -2.13. The maximum atomic E-state index is 11.0. The molecule has 0 bridgehead atoms. The molecule has 0 spiro atoms. The highest BCUT2D eigenvalue weighted by molar-refractivity contribution is 5.70. The molecule has 1 atom stereocenters. The highest BCUT2D eigenvalue weighted by Crippen LogP contribution is 2.22. The van der Waals surface area contributed by atoms with Crippen molar-refractivity contribution in [2.45, 2.75) is 19.9 Å². The van der Waals surface area contributed by atoms with Crippen molar-refractivity contribution < 1.29 is 18.7 Å². The highest BCUT2D eigenvalue weighted by atomic mass is 16.6. The minimum absolute atomic E-state index is 0.0699. The lowest BCUT2D eigenvalue weighted by molar-refractivity contribution is -0.142. The largest absolute Gasteiger partial charge is 0.482 e. The molecule has 0 saturated carbocycles. The standard InChI is InChI=1S/C16H19NO4/c1-11-4-9-15(21-11)12(2)17-13-5-7-14(8-6-13)20-10-16(18)19-3/h4-9,12,17H,10H2,1-3H3. The Morgan fingerprint density at radius 3 is 2.52 bits per heavy atom. The number of methoxy groups -OCH3 is 1. The maximum Gasteiger partial charge on any atom is 0.343 e. The van der Waals surface area contributed by atoms with Gasteiger partial charge in [-0.05, 0) is 50.2 Å². The van der Waals surface area contributed by atoms with Crippen molar-refractivity contribution in [1.82, 2.24) is 0 Å². The van der Waals surface area contributed by atoms with E-state index in [1.807, 2.05) is 38.1 Å². The molecule has 5 heteroatoms. The zero-order valence-electron chi connectivity index (χ0n) is 12.4. The number of rotatable bonds is 6. The van der Waals surface area contributed by atoms with Crippen molar-refractivity contribution in [1.29, 1.82) is 0 Å². The number of carbonyl (C=O) groups is 1. The summed E-state index contributed by atoms with van der Waals surface area (Å²) in [6.07, 6.45) is 0. The Kier molecular flexibility index (Phi) is 4.87. The summed E-state index contributed by atoms with van der Waals surface area (Å²) in [6, 6.07) is 11.3. The minimum atomic E-state index is -0.404. The molecule has 0 radical (unpaired) electrons. The molecule has 1 aromatic heterocycles. The molecule has 0 aliphatic heterocycles. The number of carbonyl (C=O) groups excluding carboxylic acids is 1. The van der Waals surface area contributed by atoms with Gasteiger partial charge in [0, 0.05) is 5.69 Å². The first-order chi connectivity index (χ1) is 10.1. The van der Waals surface area contributed by atoms with Gasteiger partial charge < -0.3 is 19.2 Å². The fourth-order valence-corrected chi connectivity index (χ4v) is 1.86. The summed E-state index contributed by atoms with van der Waals surface area (Å²) in [4.78, 5) is 11.0. The second-order valence-corrected chi connectivity index (χ2v) is 4.70. The van der Waals surface area contributed by atoms with E-state index < -0.39 is 5.97 Å². The molecule has 2 aromatic rings. The Hall–Kier alpha value is -2.43. The van der Waals surface area contributed by atoms with Gasteiger partial charge in [-0.3, -0.25) is 0 Å². The first-order valence-electron chi connectivity index (χ1n) is 6.71. The van der Waals surface area contributed by atoms with Crippen LogP contribution in [0.3, 0.4) is 0 Å². The van der Waals surface area contributed by atoms with Gasteiger partial charge in [0.15, 0.2) is 6.61 Å². The molecule has 0 aliphatic rings. The molecule has 0 amide bonds. The van der Waals surface area contributed by atoms with E-state index in [2.05, 4.69) is 10.1 Å². The number of furan rings is 1. The second kappa shape index (κ2) is 6.83. The first kappa shape index (κ1) is 15.0. The predicted molar refractivity (Wildman–Crippen MR) is 79.4 cm³/mol. The van der Waals surface area contributed by atoms with Crippen LogP contribution in [0.4, 0.5) is 5.69 Å². The van der Waals surface area contributed by atoms with Crippen LogP contribution in [0.5, 0.6) is 5.75 Å². The normalized spacial score (nSPS) is 11.8. The molecule has 2 rings (SSSR count). The third-order valence-corrected chi connectivity index (χ3v) is 3.01. The van der Waals surface area contributed by atoms with E-state index in [1.165, 1.54) is 7.11 Å². The minimum Gasteiger partial charge on any atom is -0.482 e. The van der Waals surface area contributed by atoms with Crippen molar-refractivity contribution in [3.05, 3.63) is 47.9 Å². The molecule has 0 fully saturated rings. The van der Waals surface area contributed by atoms with Gasteiger partial charge >= 0.3 is 5.97 Å². The van der Waals surface area contributed by atoms with Crippen LogP contribution < -0.4 is 10.1 Å². The fourth-order valence-electron chi connectivity index (χ4n) is 1.86. The third-order valence-electron chi connectivity index (χ3n) is 3.01. The number of nitrogens with one attached hydrogen (secondary N) is 1. The van der Waals surface area contributed by atoms with Crippen molar-refractivity contribution in [3.8, 4) is 5.75 Å². The van der Waals surface area contributed by atoms with E-state index in [-0.39, 0.29) is 12.6 Å². The topological polar surface area (TPSA) is 60.7 Å². The van der Waals surface area contributed by atoms with Crippen molar-refractivity contribution >= 4 is 11.7 Å². The summed E-state index contributed by atoms with van der Waals surface area (Å²) in [6.45, 7) is 3.86. The van der Waals surface area contributed by atoms with Crippen LogP contribution in [0.1, 0.15) is 24.5 Å². The number of hydrogen-bond donors (Lipinski definition) is 1. The molecule has 1 unspecified atom stereocenters. The van der Waals surface area contributed by atoms with Gasteiger partial charge in [-0.25, -0.2) is 4.79 Å². The number of benzene rings is 1. The lowest BCUT2D eigenvalue weighted by atomic mass is 10.2. The lowest BCUT2D eigenvalue weighted by Crippen LogP contribution is -2.12. The van der Waals surface area contributed by atoms with E-state index in [0.717, 1.165) is 17.2 Å². The zero-order chi connectivity index (χ0) is 15.2. The van der Waals surface area contributed by atoms with Crippen LogP contribution in [-0.4, -0.2) is 19.7 Å². The molecule has 1 heterocycles. The van der Waals surface area contributed by atoms with E-state index in [4.69, 9.17) is 9.15 Å². The van der Waals surface area contributed by atoms with Gasteiger partial charge in [-0.2, -0.15) is 0 Å². The number of anilines is 1. The molecule has 112 valence electrons. The maximum absolute atomic E-state index is 11.0. The summed E-state index contributed by atoms with van der Waals surface area (Å²) in [7, 11) is 1.33. The monoisotopic (exact) mass is 289 g/mol. The molecule has 1 aromatic carbocycles. The highest BCUT2D eigenvalue weighted by Gasteiger charge is 2.09. The average molecular weight is 289 g/mol. The molecular formula is C16H19NO4. The number of ether oxygens (including phenoxy) is 2. The molecule has 1 N–H and O–H groups in total. The fraction of sp³-hybridized carbons (Fsp3) is 0.312. The number of esters is 1. The van der Waals surface area contributed by atoms with E-state index >= 15 is 0 Å². The summed E-state index contributed by atoms with van der Waals surface area (Å²) >= 11 is 0. The third kappa shape index (κ3) is 4.27. The summed E-state index contributed by atoms with van der Waals surface area (Å²) in [5, 5.41) is 3.33. The van der Waals surface area contributed by atoms with Crippen molar-refractivity contribution in [3.63, 3.8) is 0 Å². The Balaban J connectivity index is 1.91. The van der Waals surface area contributed by atoms with Crippen LogP contribution in [-0.2, 0) is 9.53 Å². The number of aryl methyl sites for hydroxylation is 1. The van der Waals surface area contributed by atoms with Crippen LogP contribution in [0.15, 0.2) is 40.8 Å². The van der Waals surface area contributed by atoms with Gasteiger partial charge in [0.25, 0.3) is 0 Å². The number of hydrogen-bond acceptors (Lipinski definition) is 5. The average Bonchev–Trinajstić information content (AvgIpc) is 2.93. The predicted octanol–water partition coefficient (Wildman–Crippen LogP) is 3.31. The van der Waals surface area contributed by atoms with Crippen LogP contribution in [0, 0.1) is 6.92 Å². The van der Waals surface area contributed by atoms with E-state index in [0.29, 0.717) is 5.75 Å². The Labute approximate surface area is 123 Å². The van der Waals surface area contributed by atoms with Gasteiger partial charge in [-0.1, -0.05) is 0 Å². The summed E-state index contributed by atoms with van der Waals surface area (Å²) < 4.78 is 15.4. The van der Waals surface area contributed by atoms with Gasteiger partial charge in [0.2, 0.25) is 0 Å². The van der Waals surface area contributed by atoms with Crippen molar-refractivity contribution in [2.75, 3.05) is 19.0 Å². The van der Waals surface area contributed by atoms with Gasteiger partial charge in [0.1, 0.15) is 17.3 Å². The smallest absolute Gasteiger partial charge is 0.343 e. The second-order valence-electron chi connectivity index (χ2n) is 4.70. The Morgan fingerprint density at radius 1 is 1.24 bits per heavy atom. The Bertz CT molecular complexity index is 589. The van der Waals surface area contributed by atoms with Crippen LogP contribution in [0.2, 0.25) is 0 Å². The van der Waals surface area contributed by atoms with Crippen LogP contribution in [0.25, 0.3) is 0 Å². The molecular weight excluding hydrogens is 270 g/mol. The van der Waals surface area contributed by atoms with Gasteiger partial charge in [0.05, 0.1) is 13.2 Å². The SMILES string of the molecule is COC(=O)COc1ccc(NC(C)c2ccc(C)o2)cc1. The summed E-state index contributed by atoms with van der Waals surface area (Å²) in [5.74, 6) is 2.00. The molecule has 0 saturated heterocycles. The van der Waals surface area contributed by atoms with Crippen LogP contribution >= 0.6 is 0 Å². The van der Waals surface area contributed by atoms with Crippen molar-refractivity contribution in [2.24, 2.45) is 0 Å². The van der Waals surface area contributed by atoms with E-state index in [1.54, 1.807) is 12.1 Å². The first-order valence-corrected chi connectivity index (χ1v) is 6.71. The van der Waals surface area contributed by atoms with E-state index in [9.17, 15) is 4.79 Å². The van der Waals surface area contributed by atoms with Gasteiger partial charge in [-0.15, -0.1) is 0 Å². The molecule has 5 nitrogen and oxygen atoms in total. The molecule has 0 aliphatic carbocycles.